The average Bonchev–Trinajstić information content (AvgIpc) is 2.92. The number of aliphatic hydroxyl groups excluding tert-OH is 1. The molecule has 1 unspecified atom stereocenters. The molecule has 0 saturated carbocycles. The third-order valence-corrected chi connectivity index (χ3v) is 4.74. The molecule has 19 heavy (non-hydrogen) atoms. The predicted molar refractivity (Wildman–Crippen MR) is 82.8 cm³/mol. The summed E-state index contributed by atoms with van der Waals surface area (Å²) in [6.07, 6.45) is 6.54. The van der Waals surface area contributed by atoms with E-state index in [2.05, 4.69) is 29.4 Å². The fraction of sp³-hybridized carbons (Fsp3) is 0.600. The van der Waals surface area contributed by atoms with E-state index in [4.69, 9.17) is 10.8 Å². The molecule has 1 heterocycles. The van der Waals surface area contributed by atoms with Gasteiger partial charge >= 0.3 is 0 Å². The average molecular weight is 280 g/mol. The SMILES string of the molecule is CSc1cccc(N2CCCC2CCCO)c1CN. The van der Waals surface area contributed by atoms with Crippen LogP contribution in [0.1, 0.15) is 31.2 Å². The minimum Gasteiger partial charge on any atom is -0.396 e. The molecule has 1 aliphatic rings. The Labute approximate surface area is 120 Å². The highest BCUT2D eigenvalue weighted by Gasteiger charge is 2.26. The zero-order valence-corrected chi connectivity index (χ0v) is 12.5. The Morgan fingerprint density at radius 2 is 2.32 bits per heavy atom. The van der Waals surface area contributed by atoms with E-state index in [1.54, 1.807) is 11.8 Å². The van der Waals surface area contributed by atoms with Gasteiger partial charge in [0.2, 0.25) is 0 Å². The van der Waals surface area contributed by atoms with Gasteiger partial charge in [0.25, 0.3) is 0 Å². The summed E-state index contributed by atoms with van der Waals surface area (Å²) in [6.45, 7) is 2.00. The maximum atomic E-state index is 9.02. The van der Waals surface area contributed by atoms with Crippen LogP contribution in [0, 0.1) is 0 Å². The zero-order valence-electron chi connectivity index (χ0n) is 11.6. The molecule has 0 bridgehead atoms. The van der Waals surface area contributed by atoms with Crippen LogP contribution in [0.5, 0.6) is 0 Å². The van der Waals surface area contributed by atoms with Crippen molar-refractivity contribution in [2.45, 2.75) is 43.2 Å². The molecule has 0 spiro atoms. The number of anilines is 1. The Morgan fingerprint density at radius 3 is 3.00 bits per heavy atom. The van der Waals surface area contributed by atoms with Gasteiger partial charge in [-0.2, -0.15) is 0 Å². The number of aliphatic hydroxyl groups is 1. The smallest absolute Gasteiger partial charge is 0.0431 e. The van der Waals surface area contributed by atoms with Crippen LogP contribution in [0.25, 0.3) is 0 Å². The quantitative estimate of drug-likeness (QED) is 0.787. The van der Waals surface area contributed by atoms with Crippen molar-refractivity contribution in [3.05, 3.63) is 23.8 Å². The van der Waals surface area contributed by atoms with Crippen LogP contribution in [0.3, 0.4) is 0 Å². The number of benzene rings is 1. The molecule has 0 aliphatic carbocycles. The van der Waals surface area contributed by atoms with Crippen molar-refractivity contribution < 1.29 is 5.11 Å². The topological polar surface area (TPSA) is 49.5 Å². The van der Waals surface area contributed by atoms with Crippen LogP contribution < -0.4 is 10.6 Å². The van der Waals surface area contributed by atoms with E-state index < -0.39 is 0 Å². The second-order valence-corrected chi connectivity index (χ2v) is 5.87. The molecule has 1 saturated heterocycles. The molecule has 1 aromatic carbocycles. The molecule has 1 aromatic rings. The van der Waals surface area contributed by atoms with Gasteiger partial charge in [-0.25, -0.2) is 0 Å². The summed E-state index contributed by atoms with van der Waals surface area (Å²) in [6, 6.07) is 7.03. The van der Waals surface area contributed by atoms with E-state index in [0.717, 1.165) is 19.4 Å². The Balaban J connectivity index is 2.24. The Morgan fingerprint density at radius 1 is 1.47 bits per heavy atom. The number of hydrogen-bond acceptors (Lipinski definition) is 4. The van der Waals surface area contributed by atoms with Crippen LogP contribution in [0.4, 0.5) is 5.69 Å². The molecule has 0 aromatic heterocycles. The minimum atomic E-state index is 0.291. The second-order valence-electron chi connectivity index (χ2n) is 5.02. The summed E-state index contributed by atoms with van der Waals surface area (Å²) in [5, 5.41) is 9.02. The molecular weight excluding hydrogens is 256 g/mol. The maximum absolute atomic E-state index is 9.02. The molecule has 1 atom stereocenters. The molecule has 4 heteroatoms. The molecule has 1 fully saturated rings. The van der Waals surface area contributed by atoms with Crippen molar-refractivity contribution in [1.29, 1.82) is 0 Å². The molecule has 3 nitrogen and oxygen atoms in total. The van der Waals surface area contributed by atoms with Gasteiger partial charge in [0.1, 0.15) is 0 Å². The number of nitrogens with zero attached hydrogens (tertiary/aromatic N) is 1. The number of hydrogen-bond donors (Lipinski definition) is 2. The van der Waals surface area contributed by atoms with E-state index >= 15 is 0 Å². The van der Waals surface area contributed by atoms with Gasteiger partial charge < -0.3 is 15.7 Å². The zero-order chi connectivity index (χ0) is 13.7. The predicted octanol–water partition coefficient (Wildman–Crippen LogP) is 2.61. The molecule has 106 valence electrons. The van der Waals surface area contributed by atoms with E-state index in [0.29, 0.717) is 19.2 Å². The Bertz CT molecular complexity index is 411. The molecular formula is C15H24N2OS. The first-order valence-electron chi connectivity index (χ1n) is 7.05. The van der Waals surface area contributed by atoms with Gasteiger partial charge in [0, 0.05) is 41.9 Å². The van der Waals surface area contributed by atoms with E-state index in [9.17, 15) is 0 Å². The van der Waals surface area contributed by atoms with Crippen molar-refractivity contribution in [2.75, 3.05) is 24.3 Å². The lowest BCUT2D eigenvalue weighted by molar-refractivity contribution is 0.279. The minimum absolute atomic E-state index is 0.291. The molecule has 3 N–H and O–H groups in total. The molecule has 0 amide bonds. The first-order chi connectivity index (χ1) is 9.31. The Kier molecular flexibility index (Phi) is 5.55. The summed E-state index contributed by atoms with van der Waals surface area (Å²) in [4.78, 5) is 3.78. The largest absolute Gasteiger partial charge is 0.396 e. The second kappa shape index (κ2) is 7.17. The van der Waals surface area contributed by atoms with Gasteiger partial charge in [0.05, 0.1) is 0 Å². The molecule has 0 radical (unpaired) electrons. The van der Waals surface area contributed by atoms with Gasteiger partial charge in [-0.3, -0.25) is 0 Å². The Hall–Kier alpha value is -0.710. The third kappa shape index (κ3) is 3.25. The normalized spacial score (nSPS) is 19.1. The van der Waals surface area contributed by atoms with E-state index in [-0.39, 0.29) is 0 Å². The van der Waals surface area contributed by atoms with Crippen molar-refractivity contribution >= 4 is 17.4 Å². The third-order valence-electron chi connectivity index (χ3n) is 3.91. The van der Waals surface area contributed by atoms with Crippen LogP contribution in [-0.2, 0) is 6.54 Å². The monoisotopic (exact) mass is 280 g/mol. The van der Waals surface area contributed by atoms with Gasteiger partial charge in [-0.1, -0.05) is 6.07 Å². The number of rotatable bonds is 6. The van der Waals surface area contributed by atoms with Crippen molar-refractivity contribution in [3.8, 4) is 0 Å². The molecule has 1 aliphatic heterocycles. The lowest BCUT2D eigenvalue weighted by Gasteiger charge is -2.29. The van der Waals surface area contributed by atoms with E-state index in [1.807, 2.05) is 0 Å². The highest BCUT2D eigenvalue weighted by Crippen LogP contribution is 2.34. The van der Waals surface area contributed by atoms with Gasteiger partial charge in [0.15, 0.2) is 0 Å². The van der Waals surface area contributed by atoms with Gasteiger partial charge in [-0.05, 0) is 44.1 Å². The summed E-state index contributed by atoms with van der Waals surface area (Å²) < 4.78 is 0. The van der Waals surface area contributed by atoms with Crippen LogP contribution >= 0.6 is 11.8 Å². The summed E-state index contributed by atoms with van der Waals surface area (Å²) in [7, 11) is 0. The fourth-order valence-electron chi connectivity index (χ4n) is 3.00. The summed E-state index contributed by atoms with van der Waals surface area (Å²) in [5.74, 6) is 0. The summed E-state index contributed by atoms with van der Waals surface area (Å²) in [5.41, 5.74) is 8.53. The van der Waals surface area contributed by atoms with Crippen LogP contribution in [0.15, 0.2) is 23.1 Å². The number of thioether (sulfide) groups is 1. The standard InChI is InChI=1S/C15H24N2OS/c1-19-15-8-2-7-14(13(15)11-16)17-9-3-5-12(17)6-4-10-18/h2,7-8,12,18H,3-6,9-11,16H2,1H3. The fourth-order valence-corrected chi connectivity index (χ4v) is 3.65. The van der Waals surface area contributed by atoms with Gasteiger partial charge in [-0.15, -0.1) is 11.8 Å². The lowest BCUT2D eigenvalue weighted by Crippen LogP contribution is -2.30. The lowest BCUT2D eigenvalue weighted by atomic mass is 10.1. The van der Waals surface area contributed by atoms with Crippen molar-refractivity contribution in [1.82, 2.24) is 0 Å². The highest BCUT2D eigenvalue weighted by atomic mass is 32.2. The van der Waals surface area contributed by atoms with E-state index in [1.165, 1.54) is 29.0 Å². The van der Waals surface area contributed by atoms with Crippen LogP contribution in [0.2, 0.25) is 0 Å². The highest BCUT2D eigenvalue weighted by molar-refractivity contribution is 7.98. The van der Waals surface area contributed by atoms with Crippen molar-refractivity contribution in [3.63, 3.8) is 0 Å². The van der Waals surface area contributed by atoms with Crippen LogP contribution in [-0.4, -0.2) is 30.6 Å². The first-order valence-corrected chi connectivity index (χ1v) is 8.27. The molecule has 2 rings (SSSR count). The van der Waals surface area contributed by atoms with Crippen molar-refractivity contribution in [2.24, 2.45) is 5.73 Å². The first kappa shape index (κ1) is 14.7. The number of nitrogens with two attached hydrogens (primary N) is 1. The summed E-state index contributed by atoms with van der Waals surface area (Å²) >= 11 is 1.77. The maximum Gasteiger partial charge on any atom is 0.0431 e.